The molecule has 1 aliphatic rings. The van der Waals surface area contributed by atoms with Gasteiger partial charge in [0.15, 0.2) is 5.78 Å². The van der Waals surface area contributed by atoms with Crippen molar-refractivity contribution in [1.29, 1.82) is 0 Å². The first-order valence-corrected chi connectivity index (χ1v) is 16.8. The maximum Gasteiger partial charge on any atom is 0.345 e. The Labute approximate surface area is 234 Å². The molecule has 218 valence electrons. The summed E-state index contributed by atoms with van der Waals surface area (Å²) in [6.07, 6.45) is 3.68. The minimum atomic E-state index is -2.21. The molecule has 39 heavy (non-hydrogen) atoms. The van der Waals surface area contributed by atoms with Crippen LogP contribution in [0.1, 0.15) is 55.4 Å². The van der Waals surface area contributed by atoms with Crippen molar-refractivity contribution in [3.8, 4) is 0 Å². The molecule has 0 aliphatic carbocycles. The predicted molar refractivity (Wildman–Crippen MR) is 154 cm³/mol. The molecule has 9 nitrogen and oxygen atoms in total. The molecule has 0 saturated carbocycles. The van der Waals surface area contributed by atoms with E-state index in [1.165, 1.54) is 6.92 Å². The Hall–Kier alpha value is -3.14. The smallest absolute Gasteiger partial charge is 0.345 e. The summed E-state index contributed by atoms with van der Waals surface area (Å²) in [6.45, 7) is 22.4. The number of carbonyl (C=O) groups is 4. The summed E-state index contributed by atoms with van der Waals surface area (Å²) in [7, 11) is -2.21. The van der Waals surface area contributed by atoms with Crippen molar-refractivity contribution < 1.29 is 33.1 Å². The molecule has 1 fully saturated rings. The first-order chi connectivity index (χ1) is 18.0. The molecule has 1 rings (SSSR count). The number of hydrogen-bond acceptors (Lipinski definition) is 9. The lowest BCUT2D eigenvalue weighted by molar-refractivity contribution is -0.143. The van der Waals surface area contributed by atoms with Gasteiger partial charge in [0, 0.05) is 37.1 Å². The van der Waals surface area contributed by atoms with Gasteiger partial charge in [0.05, 0.1) is 13.2 Å². The second kappa shape index (κ2) is 14.9. The standard InChI is InChI=1S/C29H46N2O7Si/c1-12-36-27(33)25(24(8)32)19(3)17-22(6)31-15-14-30(18-23(31)7)21(5)16-20(4)26(28(34)37-13-2)29(35)38-39(9,10)11/h16-17,23H,12-15,18H2,1-11H3/b21-16+,22-17+,25-19-,26-20-. The monoisotopic (exact) mass is 562 g/mol. The number of carbonyl (C=O) groups excluding carboxylic acids is 4. The molecule has 1 heterocycles. The third-order valence-corrected chi connectivity index (χ3v) is 6.93. The Kier molecular flexibility index (Phi) is 12.9. The lowest BCUT2D eigenvalue weighted by atomic mass is 10.0. The van der Waals surface area contributed by atoms with Crippen molar-refractivity contribution >= 4 is 32.0 Å². The van der Waals surface area contributed by atoms with Gasteiger partial charge in [-0.3, -0.25) is 4.79 Å². The lowest BCUT2D eigenvalue weighted by Crippen LogP contribution is -2.50. The molecule has 0 amide bonds. The molecular formula is C29H46N2O7Si. The van der Waals surface area contributed by atoms with Crippen LogP contribution in [0, 0.1) is 0 Å². The van der Waals surface area contributed by atoms with Gasteiger partial charge in [-0.2, -0.15) is 0 Å². The van der Waals surface area contributed by atoms with Gasteiger partial charge in [-0.15, -0.1) is 0 Å². The summed E-state index contributed by atoms with van der Waals surface area (Å²) in [5.41, 5.74) is 2.92. The van der Waals surface area contributed by atoms with Crippen molar-refractivity contribution in [2.24, 2.45) is 0 Å². The third-order valence-electron chi connectivity index (χ3n) is 6.13. The van der Waals surface area contributed by atoms with Gasteiger partial charge >= 0.3 is 17.9 Å². The zero-order valence-corrected chi connectivity index (χ0v) is 26.5. The van der Waals surface area contributed by atoms with Gasteiger partial charge in [-0.05, 0) is 98.3 Å². The number of esters is 2. The van der Waals surface area contributed by atoms with E-state index in [2.05, 4.69) is 16.7 Å². The molecule has 1 atom stereocenters. The molecule has 0 aromatic carbocycles. The molecule has 1 saturated heterocycles. The maximum atomic E-state index is 12.8. The van der Waals surface area contributed by atoms with Crippen molar-refractivity contribution in [1.82, 2.24) is 9.80 Å². The van der Waals surface area contributed by atoms with Crippen LogP contribution in [0.2, 0.25) is 19.6 Å². The Balaban J connectivity index is 3.20. The summed E-state index contributed by atoms with van der Waals surface area (Å²) in [5.74, 6) is -2.26. The van der Waals surface area contributed by atoms with Gasteiger partial charge < -0.3 is 23.7 Å². The number of ether oxygens (including phenoxy) is 2. The van der Waals surface area contributed by atoms with Crippen molar-refractivity contribution in [3.05, 3.63) is 45.8 Å². The third kappa shape index (κ3) is 10.2. The zero-order valence-electron chi connectivity index (χ0n) is 25.5. The van der Waals surface area contributed by atoms with E-state index in [-0.39, 0.29) is 36.2 Å². The Bertz CT molecular complexity index is 1080. The van der Waals surface area contributed by atoms with Crippen LogP contribution in [-0.2, 0) is 33.1 Å². The number of hydrogen-bond donors (Lipinski definition) is 0. The minimum Gasteiger partial charge on any atom is -0.516 e. The number of ketones is 1. The topological polar surface area (TPSA) is 102 Å². The van der Waals surface area contributed by atoms with Crippen LogP contribution in [0.3, 0.4) is 0 Å². The molecule has 0 aromatic rings. The zero-order chi connectivity index (χ0) is 30.1. The number of nitrogens with zero attached hydrogens (tertiary/aromatic N) is 2. The van der Waals surface area contributed by atoms with Gasteiger partial charge in [-0.25, -0.2) is 14.4 Å². The van der Waals surface area contributed by atoms with Crippen molar-refractivity contribution in [2.75, 3.05) is 32.8 Å². The molecule has 10 heteroatoms. The highest BCUT2D eigenvalue weighted by Crippen LogP contribution is 2.23. The van der Waals surface area contributed by atoms with Crippen LogP contribution in [0.5, 0.6) is 0 Å². The van der Waals surface area contributed by atoms with E-state index in [1.54, 1.807) is 27.7 Å². The fraction of sp³-hybridized carbons (Fsp3) is 0.586. The molecule has 0 radical (unpaired) electrons. The maximum absolute atomic E-state index is 12.8. The second-order valence-electron chi connectivity index (χ2n) is 10.7. The second-order valence-corrected chi connectivity index (χ2v) is 15.1. The van der Waals surface area contributed by atoms with E-state index in [4.69, 9.17) is 13.9 Å². The van der Waals surface area contributed by atoms with E-state index in [9.17, 15) is 19.2 Å². The van der Waals surface area contributed by atoms with E-state index < -0.39 is 26.2 Å². The summed E-state index contributed by atoms with van der Waals surface area (Å²) in [5, 5.41) is 0. The van der Waals surface area contributed by atoms with Crippen LogP contribution < -0.4 is 0 Å². The predicted octanol–water partition coefficient (Wildman–Crippen LogP) is 4.53. The highest BCUT2D eigenvalue weighted by molar-refractivity contribution is 6.71. The molecule has 0 aromatic heterocycles. The van der Waals surface area contributed by atoms with Crippen molar-refractivity contribution in [3.63, 3.8) is 0 Å². The Morgan fingerprint density at radius 2 is 1.26 bits per heavy atom. The first kappa shape index (κ1) is 33.9. The largest absolute Gasteiger partial charge is 0.516 e. The average Bonchev–Trinajstić information content (AvgIpc) is 2.77. The lowest BCUT2D eigenvalue weighted by Gasteiger charge is -2.43. The first-order valence-electron chi connectivity index (χ1n) is 13.4. The summed E-state index contributed by atoms with van der Waals surface area (Å²) < 4.78 is 15.8. The van der Waals surface area contributed by atoms with Gasteiger partial charge in [-0.1, -0.05) is 0 Å². The number of rotatable bonds is 11. The summed E-state index contributed by atoms with van der Waals surface area (Å²) in [6, 6.07) is 0.125. The van der Waals surface area contributed by atoms with Crippen LogP contribution in [0.4, 0.5) is 0 Å². The fourth-order valence-electron chi connectivity index (χ4n) is 4.47. The number of Topliss-reactive ketones (excluding diaryl/α,β-unsaturated/α-hetero) is 1. The Morgan fingerprint density at radius 3 is 1.72 bits per heavy atom. The van der Waals surface area contributed by atoms with Gasteiger partial charge in [0.1, 0.15) is 11.1 Å². The molecule has 0 bridgehead atoms. The molecular weight excluding hydrogens is 516 g/mol. The van der Waals surface area contributed by atoms with E-state index in [1.807, 2.05) is 45.6 Å². The average molecular weight is 563 g/mol. The van der Waals surface area contributed by atoms with Crippen LogP contribution in [-0.4, -0.2) is 80.7 Å². The normalized spacial score (nSPS) is 18.2. The number of allylic oxidation sites excluding steroid dienone is 6. The quantitative estimate of drug-likeness (QED) is 0.0898. The summed E-state index contributed by atoms with van der Waals surface area (Å²) >= 11 is 0. The molecule has 1 aliphatic heterocycles. The van der Waals surface area contributed by atoms with Crippen LogP contribution >= 0.6 is 0 Å². The Morgan fingerprint density at radius 1 is 0.769 bits per heavy atom. The van der Waals surface area contributed by atoms with E-state index >= 15 is 0 Å². The van der Waals surface area contributed by atoms with Crippen LogP contribution in [0.15, 0.2) is 45.8 Å². The fourth-order valence-corrected chi connectivity index (χ4v) is 5.13. The molecule has 0 spiro atoms. The van der Waals surface area contributed by atoms with Gasteiger partial charge in [0.25, 0.3) is 0 Å². The minimum absolute atomic E-state index is 0.0635. The highest BCUT2D eigenvalue weighted by atomic mass is 28.4. The van der Waals surface area contributed by atoms with Gasteiger partial charge in [0.2, 0.25) is 8.32 Å². The molecule has 1 unspecified atom stereocenters. The van der Waals surface area contributed by atoms with Crippen LogP contribution in [0.25, 0.3) is 0 Å². The van der Waals surface area contributed by atoms with Crippen molar-refractivity contribution in [2.45, 2.75) is 81.1 Å². The molecule has 0 N–H and O–H groups in total. The summed E-state index contributed by atoms with van der Waals surface area (Å²) in [4.78, 5) is 54.3. The number of piperazine rings is 1. The highest BCUT2D eigenvalue weighted by Gasteiger charge is 2.30. The van der Waals surface area contributed by atoms with E-state index in [0.29, 0.717) is 30.8 Å². The van der Waals surface area contributed by atoms with E-state index in [0.717, 1.165) is 11.4 Å². The SMILES string of the molecule is CCOC(=O)/C(C(C)=O)=C(C)\C=C(/C)N1CCN(/C(C)=C/C(C)=C(/C(=O)OCC)C(=O)O[Si](C)(C)C)CC1C.